The number of likely N-dealkylation sites (N-methyl/N-ethyl adjacent to an activating group) is 1. The molecule has 13 heavy (non-hydrogen) atoms. The molecule has 0 bridgehead atoms. The summed E-state index contributed by atoms with van der Waals surface area (Å²) >= 11 is 0. The highest BCUT2D eigenvalue weighted by molar-refractivity contribution is 4.69. The summed E-state index contributed by atoms with van der Waals surface area (Å²) in [5.74, 6) is 0. The van der Waals surface area contributed by atoms with Gasteiger partial charge in [-0.15, -0.1) is 0 Å². The van der Waals surface area contributed by atoms with Crippen molar-refractivity contribution in [2.45, 2.75) is 38.3 Å². The van der Waals surface area contributed by atoms with Crippen LogP contribution in [0.5, 0.6) is 0 Å². The van der Waals surface area contributed by atoms with Crippen molar-refractivity contribution in [3.63, 3.8) is 0 Å². The minimum Gasteiger partial charge on any atom is -0.378 e. The first-order valence-corrected chi connectivity index (χ1v) is 5.26. The zero-order valence-corrected chi connectivity index (χ0v) is 8.83. The van der Waals surface area contributed by atoms with Crippen molar-refractivity contribution < 1.29 is 4.74 Å². The predicted molar refractivity (Wildman–Crippen MR) is 54.7 cm³/mol. The molecule has 1 fully saturated rings. The van der Waals surface area contributed by atoms with Gasteiger partial charge in [0.15, 0.2) is 0 Å². The van der Waals surface area contributed by atoms with Crippen LogP contribution in [0.25, 0.3) is 0 Å². The molecule has 3 heteroatoms. The molecule has 0 radical (unpaired) electrons. The summed E-state index contributed by atoms with van der Waals surface area (Å²) in [7, 11) is 2.13. The van der Waals surface area contributed by atoms with Gasteiger partial charge in [0.2, 0.25) is 0 Å². The van der Waals surface area contributed by atoms with Gasteiger partial charge in [0, 0.05) is 25.7 Å². The van der Waals surface area contributed by atoms with Crippen molar-refractivity contribution >= 4 is 0 Å². The van der Waals surface area contributed by atoms with Crippen molar-refractivity contribution in [3.05, 3.63) is 0 Å². The summed E-state index contributed by atoms with van der Waals surface area (Å²) < 4.78 is 5.56. The van der Waals surface area contributed by atoms with Crippen molar-refractivity contribution in [3.8, 4) is 0 Å². The molecule has 1 rings (SSSR count). The third kappa shape index (κ3) is 3.63. The van der Waals surface area contributed by atoms with Crippen molar-refractivity contribution in [2.75, 3.05) is 26.7 Å². The second kappa shape index (κ2) is 5.58. The van der Waals surface area contributed by atoms with Crippen molar-refractivity contribution in [2.24, 2.45) is 5.73 Å². The van der Waals surface area contributed by atoms with E-state index in [0.29, 0.717) is 12.1 Å². The Morgan fingerprint density at radius 2 is 2.38 bits per heavy atom. The predicted octanol–water partition coefficient (Wildman–Crippen LogP) is 0.834. The zero-order valence-electron chi connectivity index (χ0n) is 8.83. The number of hydrogen-bond donors (Lipinski definition) is 1. The van der Waals surface area contributed by atoms with Crippen LogP contribution in [0.4, 0.5) is 0 Å². The van der Waals surface area contributed by atoms with Crippen LogP contribution in [0, 0.1) is 0 Å². The van der Waals surface area contributed by atoms with Crippen LogP contribution in [-0.2, 0) is 4.74 Å². The Hall–Kier alpha value is -0.120. The van der Waals surface area contributed by atoms with E-state index in [1.165, 1.54) is 12.8 Å². The van der Waals surface area contributed by atoms with Crippen LogP contribution >= 0.6 is 0 Å². The van der Waals surface area contributed by atoms with Gasteiger partial charge >= 0.3 is 0 Å². The highest BCUT2D eigenvalue weighted by atomic mass is 16.5. The third-order valence-electron chi connectivity index (χ3n) is 2.92. The second-order valence-electron chi connectivity index (χ2n) is 3.99. The Morgan fingerprint density at radius 1 is 1.62 bits per heavy atom. The summed E-state index contributed by atoms with van der Waals surface area (Å²) in [4.78, 5) is 2.31. The minimum atomic E-state index is 0.487. The highest BCUT2D eigenvalue weighted by Crippen LogP contribution is 2.15. The molecule has 0 spiro atoms. The SMILES string of the molecule is CC(CN)N(C)CCC1CCCO1. The molecule has 78 valence electrons. The molecule has 1 heterocycles. The lowest BCUT2D eigenvalue weighted by atomic mass is 10.1. The van der Waals surface area contributed by atoms with Gasteiger partial charge < -0.3 is 15.4 Å². The maximum absolute atomic E-state index is 5.58. The molecule has 2 unspecified atom stereocenters. The lowest BCUT2D eigenvalue weighted by molar-refractivity contribution is 0.0912. The largest absolute Gasteiger partial charge is 0.378 e. The number of hydrogen-bond acceptors (Lipinski definition) is 3. The molecule has 2 atom stereocenters. The Balaban J connectivity index is 2.10. The van der Waals surface area contributed by atoms with Gasteiger partial charge in [0.25, 0.3) is 0 Å². The molecule has 1 saturated heterocycles. The van der Waals surface area contributed by atoms with Crippen LogP contribution in [0.1, 0.15) is 26.2 Å². The normalized spacial score (nSPS) is 25.4. The van der Waals surface area contributed by atoms with Gasteiger partial charge in [-0.05, 0) is 33.2 Å². The number of rotatable bonds is 5. The third-order valence-corrected chi connectivity index (χ3v) is 2.92. The van der Waals surface area contributed by atoms with E-state index >= 15 is 0 Å². The molecule has 0 aromatic heterocycles. The maximum Gasteiger partial charge on any atom is 0.0588 e. The number of nitrogens with two attached hydrogens (primary N) is 1. The molecular weight excluding hydrogens is 164 g/mol. The average Bonchev–Trinajstić information content (AvgIpc) is 2.65. The van der Waals surface area contributed by atoms with Crippen LogP contribution in [0.2, 0.25) is 0 Å². The Morgan fingerprint density at radius 3 is 2.92 bits per heavy atom. The summed E-state index contributed by atoms with van der Waals surface area (Å²) in [5.41, 5.74) is 5.58. The molecule has 1 aliphatic heterocycles. The fourth-order valence-corrected chi connectivity index (χ4v) is 1.62. The van der Waals surface area contributed by atoms with E-state index in [1.54, 1.807) is 0 Å². The van der Waals surface area contributed by atoms with Crippen LogP contribution in [-0.4, -0.2) is 43.8 Å². The number of ether oxygens (including phenoxy) is 1. The van der Waals surface area contributed by atoms with E-state index in [2.05, 4.69) is 18.9 Å². The average molecular weight is 186 g/mol. The van der Waals surface area contributed by atoms with E-state index < -0.39 is 0 Å². The van der Waals surface area contributed by atoms with Gasteiger partial charge in [0.05, 0.1) is 6.10 Å². The highest BCUT2D eigenvalue weighted by Gasteiger charge is 2.16. The van der Waals surface area contributed by atoms with E-state index in [9.17, 15) is 0 Å². The summed E-state index contributed by atoms with van der Waals surface area (Å²) in [6.45, 7) is 4.96. The van der Waals surface area contributed by atoms with Gasteiger partial charge in [-0.1, -0.05) is 0 Å². The molecule has 3 nitrogen and oxygen atoms in total. The Bertz CT molecular complexity index is 135. The van der Waals surface area contributed by atoms with Gasteiger partial charge in [-0.2, -0.15) is 0 Å². The van der Waals surface area contributed by atoms with Gasteiger partial charge in [-0.25, -0.2) is 0 Å². The smallest absolute Gasteiger partial charge is 0.0588 e. The Kier molecular flexibility index (Phi) is 4.70. The summed E-state index contributed by atoms with van der Waals surface area (Å²) in [6.07, 6.45) is 4.14. The van der Waals surface area contributed by atoms with Gasteiger partial charge in [-0.3, -0.25) is 0 Å². The van der Waals surface area contributed by atoms with Crippen molar-refractivity contribution in [1.82, 2.24) is 4.90 Å². The molecule has 1 aliphatic rings. The van der Waals surface area contributed by atoms with E-state index in [-0.39, 0.29) is 0 Å². The quantitative estimate of drug-likeness (QED) is 0.691. The first-order chi connectivity index (χ1) is 6.24. The lowest BCUT2D eigenvalue weighted by Gasteiger charge is -2.24. The van der Waals surface area contributed by atoms with Crippen LogP contribution in [0.15, 0.2) is 0 Å². The molecule has 0 saturated carbocycles. The summed E-state index contributed by atoms with van der Waals surface area (Å²) in [6, 6.07) is 0.487. The maximum atomic E-state index is 5.58. The van der Waals surface area contributed by atoms with E-state index in [4.69, 9.17) is 10.5 Å². The Labute approximate surface area is 81.2 Å². The van der Waals surface area contributed by atoms with Crippen LogP contribution < -0.4 is 5.73 Å². The topological polar surface area (TPSA) is 38.5 Å². The second-order valence-corrected chi connectivity index (χ2v) is 3.99. The number of nitrogens with zero attached hydrogens (tertiary/aromatic N) is 1. The molecule has 0 amide bonds. The van der Waals surface area contributed by atoms with Crippen molar-refractivity contribution in [1.29, 1.82) is 0 Å². The van der Waals surface area contributed by atoms with E-state index in [1.807, 2.05) is 0 Å². The molecule has 0 aromatic carbocycles. The summed E-state index contributed by atoms with van der Waals surface area (Å²) in [5, 5.41) is 0. The first-order valence-electron chi connectivity index (χ1n) is 5.26. The fraction of sp³-hybridized carbons (Fsp3) is 1.00. The monoisotopic (exact) mass is 186 g/mol. The molecule has 2 N–H and O–H groups in total. The lowest BCUT2D eigenvalue weighted by Crippen LogP contribution is -2.36. The van der Waals surface area contributed by atoms with E-state index in [0.717, 1.165) is 26.1 Å². The molecular formula is C10H22N2O. The zero-order chi connectivity index (χ0) is 9.68. The molecule has 0 aliphatic carbocycles. The van der Waals surface area contributed by atoms with Crippen LogP contribution in [0.3, 0.4) is 0 Å². The standard InChI is InChI=1S/C10H22N2O/c1-9(8-11)12(2)6-5-10-4-3-7-13-10/h9-10H,3-8,11H2,1-2H3. The first kappa shape index (κ1) is 11.0. The minimum absolute atomic E-state index is 0.487. The molecule has 0 aromatic rings. The fourth-order valence-electron chi connectivity index (χ4n) is 1.62. The van der Waals surface area contributed by atoms with Gasteiger partial charge in [0.1, 0.15) is 0 Å².